The zero-order valence-electron chi connectivity index (χ0n) is 13.0. The SMILES string of the molecule is O=[N+]([O-])c1ccc(CSC(c2ccccc2)c2ccccc2)cc1. The van der Waals surface area contributed by atoms with Crippen molar-refractivity contribution in [2.45, 2.75) is 11.0 Å². The van der Waals surface area contributed by atoms with Crippen molar-refractivity contribution < 1.29 is 4.92 Å². The average Bonchev–Trinajstić information content (AvgIpc) is 2.64. The second kappa shape index (κ2) is 7.79. The Kier molecular flexibility index (Phi) is 5.29. The highest BCUT2D eigenvalue weighted by Crippen LogP contribution is 2.37. The maximum atomic E-state index is 10.7. The van der Waals surface area contributed by atoms with Crippen LogP contribution < -0.4 is 0 Å². The number of thioether (sulfide) groups is 1. The molecule has 0 amide bonds. The molecule has 0 atom stereocenters. The number of rotatable bonds is 6. The van der Waals surface area contributed by atoms with E-state index in [1.165, 1.54) is 11.1 Å². The van der Waals surface area contributed by atoms with Crippen LogP contribution in [0.4, 0.5) is 5.69 Å². The molecule has 0 unspecified atom stereocenters. The average molecular weight is 335 g/mol. The lowest BCUT2D eigenvalue weighted by Gasteiger charge is -2.17. The first-order valence-electron chi connectivity index (χ1n) is 7.69. The lowest BCUT2D eigenvalue weighted by atomic mass is 10.0. The van der Waals surface area contributed by atoms with E-state index in [0.29, 0.717) is 0 Å². The monoisotopic (exact) mass is 335 g/mol. The van der Waals surface area contributed by atoms with Gasteiger partial charge in [-0.25, -0.2) is 0 Å². The maximum Gasteiger partial charge on any atom is 0.269 e. The van der Waals surface area contributed by atoms with Gasteiger partial charge in [0.05, 0.1) is 10.2 Å². The maximum absolute atomic E-state index is 10.7. The van der Waals surface area contributed by atoms with Crippen LogP contribution in [0.25, 0.3) is 0 Å². The quantitative estimate of drug-likeness (QED) is 0.434. The van der Waals surface area contributed by atoms with Crippen LogP contribution in [0, 0.1) is 10.1 Å². The third kappa shape index (κ3) is 4.03. The predicted octanol–water partition coefficient (Wildman–Crippen LogP) is 5.62. The molecule has 0 heterocycles. The Labute approximate surface area is 145 Å². The standard InChI is InChI=1S/C20H17NO2S/c22-21(23)19-13-11-16(12-14-19)15-24-20(17-7-3-1-4-8-17)18-9-5-2-6-10-18/h1-14,20H,15H2. The summed E-state index contributed by atoms with van der Waals surface area (Å²) in [6.07, 6.45) is 0. The molecule has 0 saturated carbocycles. The van der Waals surface area contributed by atoms with Crippen LogP contribution in [0.15, 0.2) is 84.9 Å². The van der Waals surface area contributed by atoms with E-state index < -0.39 is 0 Å². The molecule has 24 heavy (non-hydrogen) atoms. The van der Waals surface area contributed by atoms with Gasteiger partial charge in [0.2, 0.25) is 0 Å². The summed E-state index contributed by atoms with van der Waals surface area (Å²) in [5.74, 6) is 0.798. The Hall–Kier alpha value is -2.59. The normalized spacial score (nSPS) is 10.7. The fourth-order valence-corrected chi connectivity index (χ4v) is 3.78. The summed E-state index contributed by atoms with van der Waals surface area (Å²) in [4.78, 5) is 10.4. The minimum atomic E-state index is -0.367. The number of nitro benzene ring substituents is 1. The molecule has 0 N–H and O–H groups in total. The second-order valence-electron chi connectivity index (χ2n) is 5.44. The van der Waals surface area contributed by atoms with Crippen molar-refractivity contribution in [2.24, 2.45) is 0 Å². The van der Waals surface area contributed by atoms with Gasteiger partial charge in [0.15, 0.2) is 0 Å². The van der Waals surface area contributed by atoms with Crippen molar-refractivity contribution >= 4 is 17.4 Å². The minimum absolute atomic E-state index is 0.131. The summed E-state index contributed by atoms with van der Waals surface area (Å²) in [5.41, 5.74) is 3.74. The van der Waals surface area contributed by atoms with E-state index in [2.05, 4.69) is 48.5 Å². The molecule has 0 aromatic heterocycles. The van der Waals surface area contributed by atoms with Crippen molar-refractivity contribution in [1.82, 2.24) is 0 Å². The summed E-state index contributed by atoms with van der Waals surface area (Å²) < 4.78 is 0. The summed E-state index contributed by atoms with van der Waals surface area (Å²) in [6.45, 7) is 0. The van der Waals surface area contributed by atoms with E-state index >= 15 is 0 Å². The van der Waals surface area contributed by atoms with Crippen LogP contribution in [0.1, 0.15) is 21.9 Å². The molecule has 0 radical (unpaired) electrons. The minimum Gasteiger partial charge on any atom is -0.258 e. The highest BCUT2D eigenvalue weighted by atomic mass is 32.2. The molecule has 0 fully saturated rings. The Morgan fingerprint density at radius 2 is 1.29 bits per heavy atom. The van der Waals surface area contributed by atoms with Gasteiger partial charge in [-0.15, -0.1) is 11.8 Å². The molecule has 0 spiro atoms. The molecular weight excluding hydrogens is 318 g/mol. The number of benzene rings is 3. The summed E-state index contributed by atoms with van der Waals surface area (Å²) in [7, 11) is 0. The number of nitro groups is 1. The Morgan fingerprint density at radius 3 is 1.75 bits per heavy atom. The molecule has 3 aromatic rings. The highest BCUT2D eigenvalue weighted by Gasteiger charge is 2.14. The van der Waals surface area contributed by atoms with Crippen molar-refractivity contribution in [1.29, 1.82) is 0 Å². The molecule has 0 bridgehead atoms. The lowest BCUT2D eigenvalue weighted by molar-refractivity contribution is -0.384. The van der Waals surface area contributed by atoms with Crippen LogP contribution in [-0.4, -0.2) is 4.92 Å². The van der Waals surface area contributed by atoms with E-state index in [1.54, 1.807) is 12.1 Å². The fourth-order valence-electron chi connectivity index (χ4n) is 2.53. The first-order valence-corrected chi connectivity index (χ1v) is 8.74. The predicted molar refractivity (Wildman–Crippen MR) is 99.1 cm³/mol. The van der Waals surface area contributed by atoms with Crippen LogP contribution in [0.2, 0.25) is 0 Å². The van der Waals surface area contributed by atoms with Crippen molar-refractivity contribution in [3.05, 3.63) is 112 Å². The van der Waals surface area contributed by atoms with Gasteiger partial charge >= 0.3 is 0 Å². The first-order chi connectivity index (χ1) is 11.7. The molecule has 4 heteroatoms. The van der Waals surface area contributed by atoms with Crippen molar-refractivity contribution in [3.8, 4) is 0 Å². The Bertz CT molecular complexity index is 749. The number of non-ortho nitro benzene ring substituents is 1. The van der Waals surface area contributed by atoms with Gasteiger partial charge in [-0.3, -0.25) is 10.1 Å². The van der Waals surface area contributed by atoms with Crippen molar-refractivity contribution in [2.75, 3.05) is 0 Å². The molecule has 3 nitrogen and oxygen atoms in total. The van der Waals surface area contributed by atoms with Crippen LogP contribution in [0.5, 0.6) is 0 Å². The van der Waals surface area contributed by atoms with Gasteiger partial charge in [-0.2, -0.15) is 0 Å². The Balaban J connectivity index is 1.79. The molecule has 120 valence electrons. The molecule has 3 rings (SSSR count). The summed E-state index contributed by atoms with van der Waals surface area (Å²) in [6, 6.07) is 27.6. The largest absolute Gasteiger partial charge is 0.269 e. The molecule has 0 aliphatic carbocycles. The number of nitrogens with zero attached hydrogens (tertiary/aromatic N) is 1. The van der Waals surface area contributed by atoms with Gasteiger partial charge in [-0.1, -0.05) is 72.8 Å². The van der Waals surface area contributed by atoms with Gasteiger partial charge < -0.3 is 0 Å². The Morgan fingerprint density at radius 1 is 0.792 bits per heavy atom. The topological polar surface area (TPSA) is 43.1 Å². The van der Waals surface area contributed by atoms with Crippen LogP contribution >= 0.6 is 11.8 Å². The fraction of sp³-hybridized carbons (Fsp3) is 0.100. The molecule has 0 aliphatic heterocycles. The van der Waals surface area contributed by atoms with Crippen LogP contribution in [0.3, 0.4) is 0 Å². The third-order valence-corrected chi connectivity index (χ3v) is 5.15. The second-order valence-corrected chi connectivity index (χ2v) is 6.53. The first kappa shape index (κ1) is 16.3. The molecule has 0 aliphatic rings. The molecule has 3 aromatic carbocycles. The zero-order valence-corrected chi connectivity index (χ0v) is 13.9. The van der Waals surface area contributed by atoms with Gasteiger partial charge in [0.1, 0.15) is 0 Å². The third-order valence-electron chi connectivity index (χ3n) is 3.77. The van der Waals surface area contributed by atoms with E-state index in [0.717, 1.165) is 11.3 Å². The number of hydrogen-bond donors (Lipinski definition) is 0. The van der Waals surface area contributed by atoms with Crippen LogP contribution in [-0.2, 0) is 5.75 Å². The zero-order chi connectivity index (χ0) is 16.8. The smallest absolute Gasteiger partial charge is 0.258 e. The molecule has 0 saturated heterocycles. The van der Waals surface area contributed by atoms with Gasteiger partial charge in [-0.05, 0) is 16.7 Å². The highest BCUT2D eigenvalue weighted by molar-refractivity contribution is 7.98. The molecular formula is C20H17NO2S. The van der Waals surface area contributed by atoms with E-state index in [-0.39, 0.29) is 15.9 Å². The number of hydrogen-bond acceptors (Lipinski definition) is 3. The summed E-state index contributed by atoms with van der Waals surface area (Å²) in [5, 5.41) is 11.0. The van der Waals surface area contributed by atoms with E-state index in [9.17, 15) is 10.1 Å². The van der Waals surface area contributed by atoms with Gasteiger partial charge in [0, 0.05) is 17.9 Å². The lowest BCUT2D eigenvalue weighted by Crippen LogP contribution is -1.97. The van der Waals surface area contributed by atoms with Gasteiger partial charge in [0.25, 0.3) is 5.69 Å². The summed E-state index contributed by atoms with van der Waals surface area (Å²) >= 11 is 1.83. The van der Waals surface area contributed by atoms with E-state index in [4.69, 9.17) is 0 Å². The van der Waals surface area contributed by atoms with Crippen molar-refractivity contribution in [3.63, 3.8) is 0 Å². The van der Waals surface area contributed by atoms with E-state index in [1.807, 2.05) is 36.0 Å².